The Kier molecular flexibility index (Phi) is 5.03. The van der Waals surface area contributed by atoms with Gasteiger partial charge in [0, 0.05) is 11.5 Å². The highest BCUT2D eigenvalue weighted by atomic mass is 16.5. The number of nitrogens with one attached hydrogen (secondary N) is 1. The van der Waals surface area contributed by atoms with Crippen LogP contribution in [0.15, 0.2) is 37.5 Å². The molecule has 2 aliphatic rings. The van der Waals surface area contributed by atoms with E-state index in [4.69, 9.17) is 4.74 Å². The van der Waals surface area contributed by atoms with Crippen LogP contribution in [0.5, 0.6) is 0 Å². The lowest BCUT2D eigenvalue weighted by Crippen LogP contribution is -2.45. The van der Waals surface area contributed by atoms with Crippen LogP contribution in [0, 0.1) is 23.2 Å². The molecule has 6 heteroatoms. The van der Waals surface area contributed by atoms with Crippen LogP contribution < -0.4 is 5.32 Å². The Morgan fingerprint density at radius 1 is 1.39 bits per heavy atom. The minimum atomic E-state index is -0.955. The Labute approximate surface area is 134 Å². The number of rotatable bonds is 8. The van der Waals surface area contributed by atoms with E-state index in [0.717, 1.165) is 6.08 Å². The molecule has 4 unspecified atom stereocenters. The van der Waals surface area contributed by atoms with Gasteiger partial charge in [-0.1, -0.05) is 24.8 Å². The fourth-order valence-electron chi connectivity index (χ4n) is 3.76. The minimum Gasteiger partial charge on any atom is -0.481 e. The van der Waals surface area contributed by atoms with E-state index in [9.17, 15) is 19.5 Å². The summed E-state index contributed by atoms with van der Waals surface area (Å²) in [5.41, 5.74) is -0.475. The predicted octanol–water partition coefficient (Wildman–Crippen LogP) is 1.30. The SMILES string of the molecule is C=CCC12C=CC(C1)C(C(=O)O)C2C(=O)NCCOC(=O)C=C. The molecule has 2 rings (SSSR count). The molecule has 1 saturated carbocycles. The summed E-state index contributed by atoms with van der Waals surface area (Å²) in [5, 5.41) is 12.2. The van der Waals surface area contributed by atoms with Gasteiger partial charge in [0.15, 0.2) is 0 Å². The summed E-state index contributed by atoms with van der Waals surface area (Å²) in [4.78, 5) is 35.1. The van der Waals surface area contributed by atoms with Gasteiger partial charge in [0.2, 0.25) is 5.91 Å². The molecule has 0 radical (unpaired) electrons. The van der Waals surface area contributed by atoms with E-state index in [1.807, 2.05) is 12.2 Å². The van der Waals surface area contributed by atoms with Gasteiger partial charge in [-0.2, -0.15) is 0 Å². The smallest absolute Gasteiger partial charge is 0.330 e. The summed E-state index contributed by atoms with van der Waals surface area (Å²) in [6.45, 7) is 7.16. The van der Waals surface area contributed by atoms with E-state index >= 15 is 0 Å². The van der Waals surface area contributed by atoms with Crippen LogP contribution in [0.1, 0.15) is 12.8 Å². The second kappa shape index (κ2) is 6.81. The molecule has 0 aromatic carbocycles. The first-order valence-corrected chi connectivity index (χ1v) is 7.55. The van der Waals surface area contributed by atoms with Gasteiger partial charge in [0.25, 0.3) is 0 Å². The number of esters is 1. The van der Waals surface area contributed by atoms with Crippen molar-refractivity contribution < 1.29 is 24.2 Å². The summed E-state index contributed by atoms with van der Waals surface area (Å²) in [6, 6.07) is 0. The zero-order valence-electron chi connectivity index (χ0n) is 12.9. The average molecular weight is 319 g/mol. The van der Waals surface area contributed by atoms with E-state index in [-0.39, 0.29) is 25.0 Å². The number of aliphatic carboxylic acids is 1. The molecule has 2 bridgehead atoms. The molecule has 0 spiro atoms. The van der Waals surface area contributed by atoms with Crippen molar-refractivity contribution in [3.05, 3.63) is 37.5 Å². The number of carbonyl (C=O) groups excluding carboxylic acids is 2. The number of fused-ring (bicyclic) bond motifs is 2. The van der Waals surface area contributed by atoms with Crippen molar-refractivity contribution in [2.45, 2.75) is 12.8 Å². The maximum Gasteiger partial charge on any atom is 0.330 e. The Morgan fingerprint density at radius 3 is 2.74 bits per heavy atom. The molecule has 0 heterocycles. The maximum atomic E-state index is 12.5. The molecule has 1 fully saturated rings. The van der Waals surface area contributed by atoms with Gasteiger partial charge >= 0.3 is 11.9 Å². The number of carbonyl (C=O) groups is 3. The molecule has 6 nitrogen and oxygen atoms in total. The standard InChI is InChI=1S/C17H21NO5/c1-3-6-17-7-5-11(10-17)13(16(21)22)14(17)15(20)18-8-9-23-12(19)4-2/h3-5,7,11,13-14H,1-2,6,8-10H2,(H,18,20)(H,21,22). The van der Waals surface area contributed by atoms with Crippen LogP contribution in [0.3, 0.4) is 0 Å². The van der Waals surface area contributed by atoms with Crippen LogP contribution in [-0.2, 0) is 19.1 Å². The third kappa shape index (κ3) is 3.21. The van der Waals surface area contributed by atoms with Crippen LogP contribution in [0.2, 0.25) is 0 Å². The van der Waals surface area contributed by atoms with Crippen molar-refractivity contribution in [1.82, 2.24) is 5.32 Å². The third-order valence-corrected chi connectivity index (χ3v) is 4.64. The van der Waals surface area contributed by atoms with Gasteiger partial charge < -0.3 is 15.2 Å². The van der Waals surface area contributed by atoms with E-state index in [2.05, 4.69) is 18.5 Å². The van der Waals surface area contributed by atoms with Crippen LogP contribution in [-0.4, -0.2) is 36.1 Å². The number of allylic oxidation sites excluding steroid dienone is 3. The number of amides is 1. The molecule has 0 aromatic heterocycles. The molecule has 0 aliphatic heterocycles. The molecule has 0 aromatic rings. The third-order valence-electron chi connectivity index (χ3n) is 4.64. The Morgan fingerprint density at radius 2 is 2.13 bits per heavy atom. The maximum absolute atomic E-state index is 12.5. The highest BCUT2D eigenvalue weighted by molar-refractivity contribution is 5.87. The van der Waals surface area contributed by atoms with Crippen LogP contribution in [0.4, 0.5) is 0 Å². The van der Waals surface area contributed by atoms with Gasteiger partial charge in [-0.25, -0.2) is 4.79 Å². The lowest BCUT2D eigenvalue weighted by atomic mass is 9.71. The van der Waals surface area contributed by atoms with E-state index in [0.29, 0.717) is 12.8 Å². The van der Waals surface area contributed by atoms with E-state index in [1.165, 1.54) is 0 Å². The number of carboxylic acid groups (broad SMARTS) is 1. The zero-order chi connectivity index (χ0) is 17.0. The minimum absolute atomic E-state index is 0.0226. The fraction of sp³-hybridized carbons (Fsp3) is 0.471. The summed E-state index contributed by atoms with van der Waals surface area (Å²) >= 11 is 0. The van der Waals surface area contributed by atoms with Gasteiger partial charge in [0.05, 0.1) is 18.4 Å². The molecule has 23 heavy (non-hydrogen) atoms. The van der Waals surface area contributed by atoms with Crippen LogP contribution in [0.25, 0.3) is 0 Å². The number of carboxylic acids is 1. The molecule has 2 aliphatic carbocycles. The summed E-state index contributed by atoms with van der Waals surface area (Å²) in [7, 11) is 0. The normalized spacial score (nSPS) is 30.7. The Bertz CT molecular complexity index is 567. The van der Waals surface area contributed by atoms with Crippen molar-refractivity contribution in [1.29, 1.82) is 0 Å². The molecule has 0 saturated heterocycles. The zero-order valence-corrected chi connectivity index (χ0v) is 12.9. The van der Waals surface area contributed by atoms with E-state index in [1.54, 1.807) is 6.08 Å². The predicted molar refractivity (Wildman–Crippen MR) is 83.3 cm³/mol. The molecule has 2 N–H and O–H groups in total. The number of hydrogen-bond donors (Lipinski definition) is 2. The average Bonchev–Trinajstić information content (AvgIpc) is 3.06. The fourth-order valence-corrected chi connectivity index (χ4v) is 3.76. The van der Waals surface area contributed by atoms with Gasteiger partial charge in [0.1, 0.15) is 6.61 Å². The first kappa shape index (κ1) is 17.0. The molecule has 4 atom stereocenters. The Hall–Kier alpha value is -2.37. The monoisotopic (exact) mass is 319 g/mol. The highest BCUT2D eigenvalue weighted by Crippen LogP contribution is 2.58. The first-order valence-electron chi connectivity index (χ1n) is 7.55. The van der Waals surface area contributed by atoms with Crippen molar-refractivity contribution in [3.8, 4) is 0 Å². The largest absolute Gasteiger partial charge is 0.481 e. The summed E-state index contributed by atoms with van der Waals surface area (Å²) in [6.07, 6.45) is 7.84. The lowest BCUT2D eigenvalue weighted by molar-refractivity contribution is -0.149. The van der Waals surface area contributed by atoms with Gasteiger partial charge in [-0.05, 0) is 18.8 Å². The quantitative estimate of drug-likeness (QED) is 0.304. The van der Waals surface area contributed by atoms with E-state index < -0.39 is 29.2 Å². The van der Waals surface area contributed by atoms with Crippen LogP contribution >= 0.6 is 0 Å². The topological polar surface area (TPSA) is 92.7 Å². The van der Waals surface area contributed by atoms with Gasteiger partial charge in [-0.15, -0.1) is 6.58 Å². The first-order chi connectivity index (χ1) is 10.9. The molecule has 1 amide bonds. The van der Waals surface area contributed by atoms with Crippen molar-refractivity contribution >= 4 is 17.8 Å². The molecular formula is C17H21NO5. The molecule has 124 valence electrons. The van der Waals surface area contributed by atoms with Crippen molar-refractivity contribution in [2.24, 2.45) is 23.2 Å². The molecular weight excluding hydrogens is 298 g/mol. The lowest BCUT2D eigenvalue weighted by Gasteiger charge is -2.33. The highest BCUT2D eigenvalue weighted by Gasteiger charge is 2.59. The Balaban J connectivity index is 2.04. The second-order valence-corrected chi connectivity index (χ2v) is 5.96. The summed E-state index contributed by atoms with van der Waals surface area (Å²) in [5.74, 6) is -3.32. The van der Waals surface area contributed by atoms with Crippen molar-refractivity contribution in [3.63, 3.8) is 0 Å². The van der Waals surface area contributed by atoms with Gasteiger partial charge in [-0.3, -0.25) is 9.59 Å². The second-order valence-electron chi connectivity index (χ2n) is 5.96. The summed E-state index contributed by atoms with van der Waals surface area (Å²) < 4.78 is 4.79. The number of hydrogen-bond acceptors (Lipinski definition) is 4. The number of ether oxygens (including phenoxy) is 1. The van der Waals surface area contributed by atoms with Crippen molar-refractivity contribution in [2.75, 3.05) is 13.2 Å².